The summed E-state index contributed by atoms with van der Waals surface area (Å²) >= 11 is 0. The van der Waals surface area contributed by atoms with E-state index in [4.69, 9.17) is 9.05 Å². The molecular weight excluding hydrogens is 320 g/mol. The Hall–Kier alpha value is -2.18. The third-order valence-corrected chi connectivity index (χ3v) is 5.53. The van der Waals surface area contributed by atoms with E-state index < -0.39 is 0 Å². The van der Waals surface area contributed by atoms with Gasteiger partial charge in [0.15, 0.2) is 5.82 Å². The number of carbonyl (C=O) groups excluding carboxylic acids is 1. The van der Waals surface area contributed by atoms with Crippen LogP contribution in [0.1, 0.15) is 73.2 Å². The molecule has 0 spiro atoms. The fraction of sp³-hybridized carbons (Fsp3) is 0.667. The number of carbonyl (C=O) groups is 1. The average molecular weight is 344 g/mol. The van der Waals surface area contributed by atoms with Crippen LogP contribution in [0.15, 0.2) is 9.05 Å². The molecule has 2 aromatic rings. The highest BCUT2D eigenvalue weighted by atomic mass is 16.5. The van der Waals surface area contributed by atoms with E-state index in [0.29, 0.717) is 37.1 Å². The van der Waals surface area contributed by atoms with E-state index in [9.17, 15) is 4.79 Å². The van der Waals surface area contributed by atoms with Crippen molar-refractivity contribution in [1.82, 2.24) is 20.2 Å². The van der Waals surface area contributed by atoms with E-state index in [1.807, 2.05) is 18.7 Å². The third-order valence-electron chi connectivity index (χ3n) is 5.53. The topological polar surface area (TPSA) is 85.3 Å². The Morgan fingerprint density at radius 1 is 1.12 bits per heavy atom. The number of aromatic nitrogens is 3. The highest BCUT2D eigenvalue weighted by molar-refractivity contribution is 5.79. The van der Waals surface area contributed by atoms with Gasteiger partial charge in [-0.3, -0.25) is 4.79 Å². The number of rotatable bonds is 4. The number of amides is 1. The van der Waals surface area contributed by atoms with Crippen molar-refractivity contribution in [2.24, 2.45) is 0 Å². The third kappa shape index (κ3) is 3.19. The van der Waals surface area contributed by atoms with E-state index >= 15 is 0 Å². The summed E-state index contributed by atoms with van der Waals surface area (Å²) in [6.07, 6.45) is 7.00. The Morgan fingerprint density at radius 2 is 1.92 bits per heavy atom. The van der Waals surface area contributed by atoms with Crippen molar-refractivity contribution in [3.8, 4) is 0 Å². The van der Waals surface area contributed by atoms with Crippen LogP contribution in [0, 0.1) is 13.8 Å². The molecule has 0 radical (unpaired) electrons. The minimum atomic E-state index is 0.0385. The average Bonchev–Trinajstić information content (AvgIpc) is 3.31. The molecule has 7 nitrogen and oxygen atoms in total. The second-order valence-corrected chi connectivity index (χ2v) is 7.26. The highest BCUT2D eigenvalue weighted by Gasteiger charge is 2.37. The van der Waals surface area contributed by atoms with Crippen LogP contribution in [0.3, 0.4) is 0 Å². The van der Waals surface area contributed by atoms with Gasteiger partial charge in [0.05, 0.1) is 12.1 Å². The minimum absolute atomic E-state index is 0.0385. The minimum Gasteiger partial charge on any atom is -0.361 e. The molecule has 134 valence electrons. The summed E-state index contributed by atoms with van der Waals surface area (Å²) in [6.45, 7) is 4.50. The molecule has 3 heterocycles. The number of hydrogen-bond donors (Lipinski definition) is 0. The summed E-state index contributed by atoms with van der Waals surface area (Å²) in [4.78, 5) is 19.0. The van der Waals surface area contributed by atoms with Gasteiger partial charge in [0.2, 0.25) is 11.8 Å². The van der Waals surface area contributed by atoms with Crippen LogP contribution < -0.4 is 0 Å². The zero-order valence-corrected chi connectivity index (χ0v) is 14.8. The van der Waals surface area contributed by atoms with Gasteiger partial charge in [-0.15, -0.1) is 0 Å². The van der Waals surface area contributed by atoms with Gasteiger partial charge < -0.3 is 13.9 Å². The van der Waals surface area contributed by atoms with Gasteiger partial charge in [-0.2, -0.15) is 4.98 Å². The second-order valence-electron chi connectivity index (χ2n) is 7.26. The second kappa shape index (κ2) is 6.61. The van der Waals surface area contributed by atoms with E-state index in [0.717, 1.165) is 29.9 Å². The highest BCUT2D eigenvalue weighted by Crippen LogP contribution is 2.32. The maximum absolute atomic E-state index is 12.4. The molecule has 0 N–H and O–H groups in total. The Bertz CT molecular complexity index is 741. The van der Waals surface area contributed by atoms with E-state index in [1.54, 1.807) is 0 Å². The van der Waals surface area contributed by atoms with Gasteiger partial charge in [0, 0.05) is 30.5 Å². The zero-order chi connectivity index (χ0) is 17.4. The first-order valence-corrected chi connectivity index (χ1v) is 9.15. The lowest BCUT2D eigenvalue weighted by Crippen LogP contribution is -2.37. The van der Waals surface area contributed by atoms with Crippen molar-refractivity contribution in [1.29, 1.82) is 0 Å². The summed E-state index contributed by atoms with van der Waals surface area (Å²) in [5.41, 5.74) is 1.83. The van der Waals surface area contributed by atoms with Crippen molar-refractivity contribution in [2.75, 3.05) is 6.54 Å². The van der Waals surface area contributed by atoms with E-state index in [-0.39, 0.29) is 11.8 Å². The summed E-state index contributed by atoms with van der Waals surface area (Å²) in [5.74, 6) is 2.24. The fourth-order valence-corrected chi connectivity index (χ4v) is 4.06. The Balaban J connectivity index is 1.44. The molecule has 0 bridgehead atoms. The zero-order valence-electron chi connectivity index (χ0n) is 14.8. The summed E-state index contributed by atoms with van der Waals surface area (Å²) in [7, 11) is 0. The Labute approximate surface area is 146 Å². The van der Waals surface area contributed by atoms with Gasteiger partial charge >= 0.3 is 0 Å². The van der Waals surface area contributed by atoms with Crippen LogP contribution in [-0.4, -0.2) is 38.7 Å². The van der Waals surface area contributed by atoms with E-state index in [1.165, 1.54) is 19.3 Å². The molecule has 2 fully saturated rings. The van der Waals surface area contributed by atoms with Gasteiger partial charge in [-0.1, -0.05) is 29.6 Å². The van der Waals surface area contributed by atoms with Crippen molar-refractivity contribution >= 4 is 5.91 Å². The molecule has 1 saturated heterocycles. The molecular formula is C18H24N4O3. The quantitative estimate of drug-likeness (QED) is 0.848. The molecule has 2 aromatic heterocycles. The molecule has 4 rings (SSSR count). The first-order chi connectivity index (χ1) is 12.1. The maximum atomic E-state index is 12.4. The molecule has 0 aromatic carbocycles. The lowest BCUT2D eigenvalue weighted by Gasteiger charge is -2.31. The monoisotopic (exact) mass is 344 g/mol. The van der Waals surface area contributed by atoms with Crippen LogP contribution in [0.5, 0.6) is 0 Å². The molecule has 1 aliphatic heterocycles. The molecule has 1 atom stereocenters. The van der Waals surface area contributed by atoms with Gasteiger partial charge in [-0.25, -0.2) is 0 Å². The lowest BCUT2D eigenvalue weighted by molar-refractivity contribution is -0.130. The van der Waals surface area contributed by atoms with Gasteiger partial charge in [0.25, 0.3) is 0 Å². The van der Waals surface area contributed by atoms with Crippen LogP contribution >= 0.6 is 0 Å². The fourth-order valence-electron chi connectivity index (χ4n) is 4.06. The molecule has 25 heavy (non-hydrogen) atoms. The molecule has 2 aliphatic rings. The molecule has 7 heteroatoms. The predicted molar refractivity (Wildman–Crippen MR) is 89.0 cm³/mol. The predicted octanol–water partition coefficient (Wildman–Crippen LogP) is 2.91. The summed E-state index contributed by atoms with van der Waals surface area (Å²) < 4.78 is 10.6. The van der Waals surface area contributed by atoms with Crippen LogP contribution in [-0.2, 0) is 11.2 Å². The molecule has 1 saturated carbocycles. The first-order valence-electron chi connectivity index (χ1n) is 9.15. The van der Waals surface area contributed by atoms with Crippen LogP contribution in [0.25, 0.3) is 0 Å². The van der Waals surface area contributed by atoms with Gasteiger partial charge in [-0.05, 0) is 26.7 Å². The number of aryl methyl sites for hydroxylation is 2. The summed E-state index contributed by atoms with van der Waals surface area (Å²) in [5, 5.41) is 8.09. The SMILES string of the molecule is Cc1noc(C)c1Cc1nc([C@H]2CC(=O)N(C3CCCCC3)C2)no1. The smallest absolute Gasteiger partial charge is 0.231 e. The first kappa shape index (κ1) is 16.3. The van der Waals surface area contributed by atoms with Crippen molar-refractivity contribution in [3.63, 3.8) is 0 Å². The molecule has 0 unspecified atom stereocenters. The lowest BCUT2D eigenvalue weighted by atomic mass is 9.94. The summed E-state index contributed by atoms with van der Waals surface area (Å²) in [6, 6.07) is 0.403. The number of likely N-dealkylation sites (tertiary alicyclic amines) is 1. The van der Waals surface area contributed by atoms with Crippen LogP contribution in [0.4, 0.5) is 0 Å². The van der Waals surface area contributed by atoms with Crippen molar-refractivity contribution in [3.05, 3.63) is 28.7 Å². The number of hydrogen-bond acceptors (Lipinski definition) is 6. The standard InChI is InChI=1S/C18H24N4O3/c1-11-15(12(2)24-20-11)9-16-19-18(21-25-16)13-8-17(23)22(10-13)14-6-4-3-5-7-14/h13-14H,3-10H2,1-2H3/t13-/m0/s1. The normalized spacial score (nSPS) is 22.1. The number of nitrogens with zero attached hydrogens (tertiary/aromatic N) is 4. The molecule has 1 aliphatic carbocycles. The van der Waals surface area contributed by atoms with E-state index in [2.05, 4.69) is 15.3 Å². The van der Waals surface area contributed by atoms with Crippen LogP contribution in [0.2, 0.25) is 0 Å². The van der Waals surface area contributed by atoms with Gasteiger partial charge in [0.1, 0.15) is 5.76 Å². The Morgan fingerprint density at radius 3 is 2.64 bits per heavy atom. The largest absolute Gasteiger partial charge is 0.361 e. The van der Waals surface area contributed by atoms with Crippen molar-refractivity contribution in [2.45, 2.75) is 70.8 Å². The molecule has 1 amide bonds. The Kier molecular flexibility index (Phi) is 4.31. The maximum Gasteiger partial charge on any atom is 0.231 e. The van der Waals surface area contributed by atoms with Crippen molar-refractivity contribution < 1.29 is 13.8 Å².